The number of aromatic carboxylic acids is 1. The fourth-order valence-corrected chi connectivity index (χ4v) is 2.54. The Labute approximate surface area is 118 Å². The Morgan fingerprint density at radius 2 is 2.11 bits per heavy atom. The number of thiazole rings is 1. The molecule has 7 heteroatoms. The average molecular weight is 294 g/mol. The zero-order valence-corrected chi connectivity index (χ0v) is 11.4. The van der Waals surface area contributed by atoms with Crippen molar-refractivity contribution in [3.63, 3.8) is 0 Å². The van der Waals surface area contributed by atoms with E-state index in [-0.39, 0.29) is 10.0 Å². The highest BCUT2D eigenvalue weighted by molar-refractivity contribution is 7.18. The smallest absolute Gasteiger partial charge is 0.349 e. The van der Waals surface area contributed by atoms with Gasteiger partial charge in [-0.25, -0.2) is 9.78 Å². The highest BCUT2D eigenvalue weighted by Gasteiger charge is 2.18. The fraction of sp³-hybridized carbons (Fsp3) is 0.0833. The van der Waals surface area contributed by atoms with Crippen LogP contribution >= 0.6 is 22.9 Å². The number of hydrogen-bond acceptors (Lipinski definition) is 5. The third-order valence-corrected chi connectivity index (χ3v) is 3.94. The second-order valence-electron chi connectivity index (χ2n) is 3.64. The summed E-state index contributed by atoms with van der Waals surface area (Å²) in [5, 5.41) is 18.1. The van der Waals surface area contributed by atoms with Crippen LogP contribution < -0.4 is 4.90 Å². The Balaban J connectivity index is 2.33. The molecule has 0 aliphatic carbocycles. The monoisotopic (exact) mass is 293 g/mol. The van der Waals surface area contributed by atoms with Crippen LogP contribution in [0.1, 0.15) is 15.2 Å². The standard InChI is InChI=1S/C12H8ClN3O2S/c1-16(8-4-2-7(6-14)3-5-8)12-15-10(13)9(19-12)11(17)18/h2-5H,1H3,(H,17,18). The number of nitrogens with zero attached hydrogens (tertiary/aromatic N) is 3. The van der Waals surface area contributed by atoms with Crippen LogP contribution in [0.25, 0.3) is 0 Å². The van der Waals surface area contributed by atoms with Crippen molar-refractivity contribution >= 4 is 39.7 Å². The molecule has 0 radical (unpaired) electrons. The van der Waals surface area contributed by atoms with Gasteiger partial charge in [0.2, 0.25) is 0 Å². The first-order chi connectivity index (χ1) is 9.02. The van der Waals surface area contributed by atoms with Gasteiger partial charge in [-0.15, -0.1) is 0 Å². The molecule has 0 aliphatic rings. The summed E-state index contributed by atoms with van der Waals surface area (Å²) < 4.78 is 0. The molecule has 1 heterocycles. The summed E-state index contributed by atoms with van der Waals surface area (Å²) in [5.74, 6) is -1.10. The van der Waals surface area contributed by atoms with E-state index in [9.17, 15) is 4.79 Å². The van der Waals surface area contributed by atoms with Crippen molar-refractivity contribution in [1.29, 1.82) is 5.26 Å². The van der Waals surface area contributed by atoms with Gasteiger partial charge in [0.25, 0.3) is 0 Å². The number of hydrogen-bond donors (Lipinski definition) is 1. The Morgan fingerprint density at radius 1 is 1.47 bits per heavy atom. The predicted molar refractivity (Wildman–Crippen MR) is 73.3 cm³/mol. The minimum Gasteiger partial charge on any atom is -0.477 e. The molecular weight excluding hydrogens is 286 g/mol. The zero-order valence-electron chi connectivity index (χ0n) is 9.79. The van der Waals surface area contributed by atoms with Gasteiger partial charge in [-0.3, -0.25) is 0 Å². The summed E-state index contributed by atoms with van der Waals surface area (Å²) in [6, 6.07) is 8.91. The number of aromatic nitrogens is 1. The number of carbonyl (C=O) groups is 1. The van der Waals surface area contributed by atoms with E-state index in [1.165, 1.54) is 0 Å². The normalized spacial score (nSPS) is 9.95. The average Bonchev–Trinajstić information content (AvgIpc) is 2.80. The lowest BCUT2D eigenvalue weighted by molar-refractivity contribution is 0.0702. The third-order valence-electron chi connectivity index (χ3n) is 2.44. The summed E-state index contributed by atoms with van der Waals surface area (Å²) in [5.41, 5.74) is 1.35. The lowest BCUT2D eigenvalue weighted by Crippen LogP contribution is -2.08. The molecule has 5 nitrogen and oxygen atoms in total. The van der Waals surface area contributed by atoms with Crippen LogP contribution in [0, 0.1) is 11.3 Å². The molecule has 2 aromatic rings. The van der Waals surface area contributed by atoms with Gasteiger partial charge >= 0.3 is 5.97 Å². The number of rotatable bonds is 3. The molecule has 0 spiro atoms. The number of anilines is 2. The first kappa shape index (κ1) is 13.3. The van der Waals surface area contributed by atoms with Crippen LogP contribution in [-0.2, 0) is 0 Å². The fourth-order valence-electron chi connectivity index (χ4n) is 1.44. The van der Waals surface area contributed by atoms with Gasteiger partial charge in [0, 0.05) is 12.7 Å². The van der Waals surface area contributed by atoms with Gasteiger partial charge in [0.05, 0.1) is 11.6 Å². The van der Waals surface area contributed by atoms with E-state index in [4.69, 9.17) is 22.0 Å². The molecule has 0 unspecified atom stereocenters. The Bertz CT molecular complexity index is 661. The molecule has 0 saturated heterocycles. The SMILES string of the molecule is CN(c1ccc(C#N)cc1)c1nc(Cl)c(C(=O)O)s1. The second-order valence-corrected chi connectivity index (χ2v) is 4.97. The number of halogens is 1. The molecule has 96 valence electrons. The molecule has 1 aromatic heterocycles. The molecule has 2 rings (SSSR count). The van der Waals surface area contributed by atoms with Crippen molar-refractivity contribution < 1.29 is 9.90 Å². The number of carboxylic acids is 1. The Morgan fingerprint density at radius 3 is 2.58 bits per heavy atom. The van der Waals surface area contributed by atoms with Gasteiger partial charge in [-0.2, -0.15) is 5.26 Å². The van der Waals surface area contributed by atoms with Crippen LogP contribution in [0.4, 0.5) is 10.8 Å². The van der Waals surface area contributed by atoms with E-state index < -0.39 is 5.97 Å². The maximum atomic E-state index is 10.9. The lowest BCUT2D eigenvalue weighted by atomic mass is 10.2. The number of carboxylic acid groups (broad SMARTS) is 1. The highest BCUT2D eigenvalue weighted by Crippen LogP contribution is 2.32. The molecule has 1 aromatic carbocycles. The van der Waals surface area contributed by atoms with Gasteiger partial charge in [-0.1, -0.05) is 22.9 Å². The summed E-state index contributed by atoms with van der Waals surface area (Å²) in [6.45, 7) is 0. The molecule has 19 heavy (non-hydrogen) atoms. The van der Waals surface area contributed by atoms with E-state index in [1.54, 1.807) is 36.2 Å². The number of nitriles is 1. The van der Waals surface area contributed by atoms with Crippen molar-refractivity contribution in [2.45, 2.75) is 0 Å². The molecule has 0 saturated carbocycles. The van der Waals surface area contributed by atoms with Crippen molar-refractivity contribution in [2.24, 2.45) is 0 Å². The Hall–Kier alpha value is -2.10. The van der Waals surface area contributed by atoms with Crippen LogP contribution in [-0.4, -0.2) is 23.1 Å². The maximum Gasteiger partial charge on any atom is 0.349 e. The van der Waals surface area contributed by atoms with Crippen LogP contribution in [0.2, 0.25) is 5.15 Å². The van der Waals surface area contributed by atoms with Crippen LogP contribution in [0.3, 0.4) is 0 Å². The summed E-state index contributed by atoms with van der Waals surface area (Å²) >= 11 is 6.77. The molecule has 0 amide bonds. The summed E-state index contributed by atoms with van der Waals surface area (Å²) in [6.07, 6.45) is 0. The van der Waals surface area contributed by atoms with Gasteiger partial charge in [0.15, 0.2) is 15.2 Å². The van der Waals surface area contributed by atoms with Gasteiger partial charge in [0.1, 0.15) is 0 Å². The zero-order chi connectivity index (χ0) is 14.0. The van der Waals surface area contributed by atoms with E-state index in [0.29, 0.717) is 10.7 Å². The van der Waals surface area contributed by atoms with Crippen molar-refractivity contribution in [1.82, 2.24) is 4.98 Å². The van der Waals surface area contributed by atoms with Gasteiger partial charge < -0.3 is 10.0 Å². The first-order valence-corrected chi connectivity index (χ1v) is 6.36. The largest absolute Gasteiger partial charge is 0.477 e. The molecule has 1 N–H and O–H groups in total. The van der Waals surface area contributed by atoms with E-state index >= 15 is 0 Å². The minimum absolute atomic E-state index is 0.0113. The van der Waals surface area contributed by atoms with E-state index in [0.717, 1.165) is 17.0 Å². The van der Waals surface area contributed by atoms with E-state index in [1.807, 2.05) is 6.07 Å². The first-order valence-electron chi connectivity index (χ1n) is 5.16. The van der Waals surface area contributed by atoms with Crippen LogP contribution in [0.15, 0.2) is 24.3 Å². The Kier molecular flexibility index (Phi) is 3.69. The summed E-state index contributed by atoms with van der Waals surface area (Å²) in [4.78, 5) is 16.6. The van der Waals surface area contributed by atoms with Crippen LogP contribution in [0.5, 0.6) is 0 Å². The number of benzene rings is 1. The minimum atomic E-state index is -1.10. The molecule has 0 bridgehead atoms. The van der Waals surface area contributed by atoms with E-state index in [2.05, 4.69) is 4.98 Å². The topological polar surface area (TPSA) is 77.2 Å². The lowest BCUT2D eigenvalue weighted by Gasteiger charge is -2.15. The van der Waals surface area contributed by atoms with Crippen molar-refractivity contribution in [2.75, 3.05) is 11.9 Å². The second kappa shape index (κ2) is 5.26. The molecule has 0 aliphatic heterocycles. The van der Waals surface area contributed by atoms with Gasteiger partial charge in [-0.05, 0) is 24.3 Å². The van der Waals surface area contributed by atoms with Crippen molar-refractivity contribution in [3.8, 4) is 6.07 Å². The third kappa shape index (κ3) is 2.67. The predicted octanol–water partition coefficient (Wildman–Crippen LogP) is 3.13. The molecule has 0 fully saturated rings. The maximum absolute atomic E-state index is 10.9. The quantitative estimate of drug-likeness (QED) is 0.940. The highest BCUT2D eigenvalue weighted by atomic mass is 35.5. The summed E-state index contributed by atoms with van der Waals surface area (Å²) in [7, 11) is 1.75. The van der Waals surface area contributed by atoms with Crippen molar-refractivity contribution in [3.05, 3.63) is 39.9 Å². The molecule has 0 atom stereocenters. The molecular formula is C12H8ClN3O2S.